The average molecular weight is 632 g/mol. The lowest BCUT2D eigenvalue weighted by atomic mass is 10.0. The second kappa shape index (κ2) is 11.1. The quantitative estimate of drug-likeness (QED) is 0.218. The highest BCUT2D eigenvalue weighted by atomic mass is 32.2. The van der Waals surface area contributed by atoms with Crippen molar-refractivity contribution in [1.29, 1.82) is 0 Å². The molecule has 6 aromatic rings. The van der Waals surface area contributed by atoms with E-state index in [0.29, 0.717) is 52.3 Å². The number of rotatable bonds is 8. The number of hydrogen-bond donors (Lipinski definition) is 2. The van der Waals surface area contributed by atoms with E-state index >= 15 is 0 Å². The normalized spacial score (nSPS) is 15.4. The Morgan fingerprint density at radius 3 is 2.56 bits per heavy atom. The summed E-state index contributed by atoms with van der Waals surface area (Å²) in [5.74, 6) is -2.73. The monoisotopic (exact) mass is 631 g/mol. The number of aromatic amines is 2. The number of H-pyrrole nitrogens is 2. The lowest BCUT2D eigenvalue weighted by Crippen LogP contribution is -2.24. The number of nitrogens with one attached hydrogen (secondary N) is 2. The van der Waals surface area contributed by atoms with Gasteiger partial charge in [0, 0.05) is 60.9 Å². The first-order valence-electron chi connectivity index (χ1n) is 14.3. The predicted octanol–water partition coefficient (Wildman–Crippen LogP) is 5.80. The summed E-state index contributed by atoms with van der Waals surface area (Å²) in [7, 11) is -3.21. The third-order valence-corrected chi connectivity index (χ3v) is 8.94. The fourth-order valence-corrected chi connectivity index (χ4v) is 6.42. The first-order valence-corrected chi connectivity index (χ1v) is 16.4. The molecule has 45 heavy (non-hydrogen) atoms. The van der Waals surface area contributed by atoms with Crippen LogP contribution in [0.25, 0.3) is 55.7 Å². The molecule has 0 radical (unpaired) electrons. The molecule has 0 amide bonds. The maximum absolute atomic E-state index is 14.6. The fourth-order valence-electron chi connectivity index (χ4n) is 5.82. The first kappa shape index (κ1) is 29.1. The number of benzene rings is 2. The number of pyridine rings is 2. The van der Waals surface area contributed by atoms with E-state index in [4.69, 9.17) is 4.98 Å². The van der Waals surface area contributed by atoms with Gasteiger partial charge in [-0.3, -0.25) is 20.0 Å². The number of halogens is 3. The van der Waals surface area contributed by atoms with E-state index in [2.05, 4.69) is 25.1 Å². The van der Waals surface area contributed by atoms with Crippen LogP contribution in [0.3, 0.4) is 0 Å². The smallest absolute Gasteiger partial charge is 0.261 e. The molecular formula is C32H28F3N7O2S. The number of aryl methyl sites for hydroxylation is 1. The molecule has 1 aliphatic heterocycles. The van der Waals surface area contributed by atoms with E-state index in [1.54, 1.807) is 35.8 Å². The summed E-state index contributed by atoms with van der Waals surface area (Å²) in [5, 5.41) is 8.38. The summed E-state index contributed by atoms with van der Waals surface area (Å²) in [6, 6.07) is 12.3. The molecule has 1 fully saturated rings. The lowest BCUT2D eigenvalue weighted by Gasteiger charge is -2.15. The second-order valence-electron chi connectivity index (χ2n) is 11.6. The standard InChI is InChI=1S/C32H28F3N7O2S/c1-45(43,44)7-4-19-8-22(11-24(33)10-19)26-15-37-16-28-29(26)39-31(38-28)30-25-12-21(2-3-27(25)40-41-30)23-9-20(13-36-14-23)17-42-6-5-32(34,35)18-42/h2-3,8-16H,4-7,17-18H2,1H3,(H,38,39)(H,40,41). The Labute approximate surface area is 256 Å². The van der Waals surface area contributed by atoms with Crippen molar-refractivity contribution in [2.75, 3.05) is 25.1 Å². The lowest BCUT2D eigenvalue weighted by molar-refractivity contribution is 0.0115. The molecule has 7 rings (SSSR count). The summed E-state index contributed by atoms with van der Waals surface area (Å²) < 4.78 is 65.4. The maximum atomic E-state index is 14.6. The molecule has 2 N–H and O–H groups in total. The molecule has 1 saturated heterocycles. The minimum Gasteiger partial charge on any atom is -0.335 e. The number of likely N-dealkylation sites (tertiary alicyclic amines) is 1. The van der Waals surface area contributed by atoms with E-state index in [9.17, 15) is 21.6 Å². The number of alkyl halides is 2. The van der Waals surface area contributed by atoms with Gasteiger partial charge in [0.25, 0.3) is 5.92 Å². The highest BCUT2D eigenvalue weighted by Gasteiger charge is 2.37. The fraction of sp³-hybridized carbons (Fsp3) is 0.250. The van der Waals surface area contributed by atoms with Crippen LogP contribution in [0.4, 0.5) is 13.2 Å². The summed E-state index contributed by atoms with van der Waals surface area (Å²) in [6.45, 7) is 0.495. The van der Waals surface area contributed by atoms with Crippen molar-refractivity contribution in [2.24, 2.45) is 0 Å². The molecule has 0 unspecified atom stereocenters. The van der Waals surface area contributed by atoms with Crippen LogP contribution in [0.15, 0.2) is 67.3 Å². The third-order valence-electron chi connectivity index (χ3n) is 7.99. The summed E-state index contributed by atoms with van der Waals surface area (Å²) >= 11 is 0. The number of sulfone groups is 1. The van der Waals surface area contributed by atoms with Crippen LogP contribution >= 0.6 is 0 Å². The van der Waals surface area contributed by atoms with Crippen molar-refractivity contribution in [3.63, 3.8) is 0 Å². The molecule has 5 heterocycles. The number of fused-ring (bicyclic) bond motifs is 2. The first-order chi connectivity index (χ1) is 21.5. The van der Waals surface area contributed by atoms with Gasteiger partial charge in [0.15, 0.2) is 5.82 Å². The molecule has 0 spiro atoms. The van der Waals surface area contributed by atoms with Crippen LogP contribution in [0, 0.1) is 5.82 Å². The molecule has 9 nitrogen and oxygen atoms in total. The van der Waals surface area contributed by atoms with Gasteiger partial charge in [0.05, 0.1) is 35.0 Å². The van der Waals surface area contributed by atoms with Crippen molar-refractivity contribution in [1.82, 2.24) is 35.0 Å². The largest absolute Gasteiger partial charge is 0.335 e. The number of imidazole rings is 1. The molecule has 2 aromatic carbocycles. The van der Waals surface area contributed by atoms with Gasteiger partial charge in [-0.2, -0.15) is 5.10 Å². The van der Waals surface area contributed by atoms with Crippen molar-refractivity contribution in [2.45, 2.75) is 25.3 Å². The topological polar surface area (TPSA) is 121 Å². The van der Waals surface area contributed by atoms with Crippen LogP contribution in [0.1, 0.15) is 17.5 Å². The maximum Gasteiger partial charge on any atom is 0.261 e. The van der Waals surface area contributed by atoms with Gasteiger partial charge in [-0.1, -0.05) is 12.1 Å². The van der Waals surface area contributed by atoms with Gasteiger partial charge in [-0.05, 0) is 59.0 Å². The summed E-state index contributed by atoms with van der Waals surface area (Å²) in [6.07, 6.45) is 7.89. The summed E-state index contributed by atoms with van der Waals surface area (Å²) in [4.78, 5) is 18.6. The molecule has 4 aromatic heterocycles. The van der Waals surface area contributed by atoms with Crippen molar-refractivity contribution in [3.8, 4) is 33.8 Å². The minimum absolute atomic E-state index is 0.0865. The number of nitrogens with zero attached hydrogens (tertiary/aromatic N) is 5. The molecule has 13 heteroatoms. The zero-order valence-electron chi connectivity index (χ0n) is 24.2. The van der Waals surface area contributed by atoms with Crippen LogP contribution in [-0.2, 0) is 22.8 Å². The Morgan fingerprint density at radius 2 is 1.76 bits per heavy atom. The van der Waals surface area contributed by atoms with E-state index in [1.807, 2.05) is 24.3 Å². The third kappa shape index (κ3) is 6.18. The van der Waals surface area contributed by atoms with Crippen molar-refractivity contribution < 1.29 is 21.6 Å². The van der Waals surface area contributed by atoms with Crippen molar-refractivity contribution >= 4 is 31.8 Å². The molecule has 0 bridgehead atoms. The van der Waals surface area contributed by atoms with E-state index < -0.39 is 21.6 Å². The molecular weight excluding hydrogens is 603 g/mol. The highest BCUT2D eigenvalue weighted by Crippen LogP contribution is 2.34. The van der Waals surface area contributed by atoms with Crippen LogP contribution in [0.2, 0.25) is 0 Å². The number of hydrogen-bond acceptors (Lipinski definition) is 7. The minimum atomic E-state index is -3.21. The molecule has 0 aliphatic carbocycles. The number of aromatic nitrogens is 6. The van der Waals surface area contributed by atoms with Crippen LogP contribution in [-0.4, -0.2) is 74.5 Å². The Hall–Kier alpha value is -4.62. The average Bonchev–Trinajstić information content (AvgIpc) is 3.71. The Bertz CT molecular complexity index is 2180. The molecule has 0 saturated carbocycles. The van der Waals surface area contributed by atoms with Crippen molar-refractivity contribution in [3.05, 3.63) is 84.2 Å². The predicted molar refractivity (Wildman–Crippen MR) is 166 cm³/mol. The zero-order valence-corrected chi connectivity index (χ0v) is 25.0. The Morgan fingerprint density at radius 1 is 0.933 bits per heavy atom. The molecule has 1 aliphatic rings. The molecule has 230 valence electrons. The van der Waals surface area contributed by atoms with Crippen LogP contribution < -0.4 is 0 Å². The SMILES string of the molecule is CS(=O)(=O)CCc1cc(F)cc(-c2cncc3[nH]c(-c4n[nH]c5ccc(-c6cncc(CN7CCC(F)(F)C7)c6)cc45)nc23)c1. The van der Waals surface area contributed by atoms with Gasteiger partial charge in [0.2, 0.25) is 0 Å². The van der Waals surface area contributed by atoms with Gasteiger partial charge >= 0.3 is 0 Å². The molecule has 0 atom stereocenters. The van der Waals surface area contributed by atoms with E-state index in [0.717, 1.165) is 33.8 Å². The highest BCUT2D eigenvalue weighted by molar-refractivity contribution is 7.90. The van der Waals surface area contributed by atoms with Gasteiger partial charge in [-0.25, -0.2) is 26.6 Å². The van der Waals surface area contributed by atoms with Gasteiger partial charge in [0.1, 0.15) is 21.3 Å². The van der Waals surface area contributed by atoms with E-state index in [-0.39, 0.29) is 25.1 Å². The second-order valence-corrected chi connectivity index (χ2v) is 13.9. The van der Waals surface area contributed by atoms with Gasteiger partial charge < -0.3 is 4.98 Å². The van der Waals surface area contributed by atoms with E-state index in [1.165, 1.54) is 12.1 Å². The van der Waals surface area contributed by atoms with Gasteiger partial charge in [-0.15, -0.1) is 0 Å². The Kier molecular flexibility index (Phi) is 7.16. The zero-order chi connectivity index (χ0) is 31.3. The van der Waals surface area contributed by atoms with Crippen LogP contribution in [0.5, 0.6) is 0 Å². The summed E-state index contributed by atoms with van der Waals surface area (Å²) in [5.41, 5.74) is 6.83. The Balaban J connectivity index is 1.22.